The molecule has 0 fully saturated rings. The van der Waals surface area contributed by atoms with Gasteiger partial charge in [0.05, 0.1) is 5.00 Å². The molecule has 0 bridgehead atoms. The van der Waals surface area contributed by atoms with E-state index in [-0.39, 0.29) is 5.91 Å². The summed E-state index contributed by atoms with van der Waals surface area (Å²) in [6.45, 7) is 0. The molecule has 1 amide bonds. The maximum Gasteiger partial charge on any atom is 0.245 e. The van der Waals surface area contributed by atoms with Crippen LogP contribution in [0.4, 0.5) is 5.00 Å². The van der Waals surface area contributed by atoms with Gasteiger partial charge in [0.25, 0.3) is 0 Å². The Morgan fingerprint density at radius 3 is 2.53 bits per heavy atom. The molecule has 3 N–H and O–H groups in total. The third kappa shape index (κ3) is 2.37. The lowest BCUT2D eigenvalue weighted by atomic mass is 10.2. The van der Waals surface area contributed by atoms with E-state index < -0.39 is 6.04 Å². The average molecular weight is 238 g/mol. The number of nitrogens with two attached hydrogens (primary N) is 1. The highest BCUT2D eigenvalue weighted by Crippen LogP contribution is 2.25. The molecule has 78 valence electrons. The van der Waals surface area contributed by atoms with Crippen molar-refractivity contribution in [2.24, 2.45) is 5.73 Å². The van der Waals surface area contributed by atoms with Crippen LogP contribution in [0.1, 0.15) is 10.9 Å². The van der Waals surface area contributed by atoms with Crippen LogP contribution < -0.4 is 11.1 Å². The van der Waals surface area contributed by atoms with Crippen molar-refractivity contribution < 1.29 is 4.79 Å². The molecule has 0 aliphatic carbocycles. The van der Waals surface area contributed by atoms with Crippen LogP contribution in [0.25, 0.3) is 0 Å². The van der Waals surface area contributed by atoms with Crippen molar-refractivity contribution in [3.63, 3.8) is 0 Å². The summed E-state index contributed by atoms with van der Waals surface area (Å²) in [5, 5.41) is 7.95. The van der Waals surface area contributed by atoms with Crippen molar-refractivity contribution in [1.29, 1.82) is 0 Å². The van der Waals surface area contributed by atoms with E-state index in [1.54, 1.807) is 11.3 Å². The Kier molecular flexibility index (Phi) is 3.03. The van der Waals surface area contributed by atoms with Crippen LogP contribution >= 0.6 is 22.7 Å². The van der Waals surface area contributed by atoms with E-state index in [2.05, 4.69) is 5.32 Å². The summed E-state index contributed by atoms with van der Waals surface area (Å²) in [7, 11) is 0. The Morgan fingerprint density at radius 1 is 1.27 bits per heavy atom. The minimum Gasteiger partial charge on any atom is -0.368 e. The third-order valence-electron chi connectivity index (χ3n) is 1.92. The van der Waals surface area contributed by atoms with Gasteiger partial charge in [0.15, 0.2) is 0 Å². The first-order valence-corrected chi connectivity index (χ1v) is 6.16. The Morgan fingerprint density at radius 2 is 2.00 bits per heavy atom. The predicted octanol–water partition coefficient (Wildman–Crippen LogP) is 2.45. The summed E-state index contributed by atoms with van der Waals surface area (Å²) < 4.78 is 0. The topological polar surface area (TPSA) is 55.1 Å². The number of rotatable bonds is 4. The molecule has 0 saturated heterocycles. The fourth-order valence-corrected chi connectivity index (χ4v) is 2.67. The van der Waals surface area contributed by atoms with Gasteiger partial charge in [-0.3, -0.25) is 4.79 Å². The van der Waals surface area contributed by atoms with Crippen LogP contribution in [0.15, 0.2) is 35.0 Å². The molecule has 0 aliphatic rings. The Hall–Kier alpha value is -1.33. The van der Waals surface area contributed by atoms with Gasteiger partial charge >= 0.3 is 0 Å². The second kappa shape index (κ2) is 4.46. The average Bonchev–Trinajstić information content (AvgIpc) is 2.87. The fraction of sp³-hybridized carbons (Fsp3) is 0.100. The van der Waals surface area contributed by atoms with Gasteiger partial charge < -0.3 is 11.1 Å². The molecule has 5 heteroatoms. The lowest BCUT2D eigenvalue weighted by Crippen LogP contribution is -2.26. The first-order valence-electron chi connectivity index (χ1n) is 4.40. The summed E-state index contributed by atoms with van der Waals surface area (Å²) in [5.74, 6) is -0.356. The molecule has 3 nitrogen and oxygen atoms in total. The number of hydrogen-bond acceptors (Lipinski definition) is 4. The van der Waals surface area contributed by atoms with E-state index in [1.807, 2.05) is 35.0 Å². The van der Waals surface area contributed by atoms with Crippen molar-refractivity contribution in [2.45, 2.75) is 6.04 Å². The third-order valence-corrected chi connectivity index (χ3v) is 3.66. The fourth-order valence-electron chi connectivity index (χ4n) is 1.24. The summed E-state index contributed by atoms with van der Waals surface area (Å²) in [6, 6.07) is 7.24. The lowest BCUT2D eigenvalue weighted by molar-refractivity contribution is -0.118. The van der Waals surface area contributed by atoms with Crippen molar-refractivity contribution in [1.82, 2.24) is 0 Å². The van der Waals surface area contributed by atoms with E-state index in [9.17, 15) is 4.79 Å². The van der Waals surface area contributed by atoms with Crippen molar-refractivity contribution >= 4 is 33.6 Å². The number of primary amides is 1. The van der Waals surface area contributed by atoms with Crippen LogP contribution in [0.3, 0.4) is 0 Å². The van der Waals surface area contributed by atoms with Crippen LogP contribution in [0.5, 0.6) is 0 Å². The molecular weight excluding hydrogens is 228 g/mol. The van der Waals surface area contributed by atoms with Crippen molar-refractivity contribution in [2.75, 3.05) is 5.32 Å². The van der Waals surface area contributed by atoms with Crippen LogP contribution in [0.2, 0.25) is 0 Å². The molecule has 2 heterocycles. The number of thiophene rings is 2. The number of anilines is 1. The second-order valence-electron chi connectivity index (χ2n) is 2.97. The van der Waals surface area contributed by atoms with E-state index in [4.69, 9.17) is 5.73 Å². The number of carbonyl (C=O) groups is 1. The van der Waals surface area contributed by atoms with Gasteiger partial charge in [0, 0.05) is 4.88 Å². The molecule has 1 unspecified atom stereocenters. The van der Waals surface area contributed by atoms with E-state index in [0.717, 1.165) is 9.88 Å². The Labute approximate surface area is 95.6 Å². The van der Waals surface area contributed by atoms with Gasteiger partial charge in [-0.25, -0.2) is 0 Å². The molecule has 2 aromatic heterocycles. The zero-order valence-electron chi connectivity index (χ0n) is 7.84. The zero-order chi connectivity index (χ0) is 10.7. The van der Waals surface area contributed by atoms with Gasteiger partial charge in [-0.2, -0.15) is 0 Å². The van der Waals surface area contributed by atoms with Crippen LogP contribution in [-0.2, 0) is 4.79 Å². The number of amides is 1. The maximum absolute atomic E-state index is 11.3. The lowest BCUT2D eigenvalue weighted by Gasteiger charge is -2.13. The molecule has 2 aromatic rings. The smallest absolute Gasteiger partial charge is 0.245 e. The molecule has 0 spiro atoms. The Balaban J connectivity index is 2.18. The van der Waals surface area contributed by atoms with Crippen LogP contribution in [-0.4, -0.2) is 5.91 Å². The van der Waals surface area contributed by atoms with Gasteiger partial charge in [-0.1, -0.05) is 6.07 Å². The first-order chi connectivity index (χ1) is 7.27. The molecule has 15 heavy (non-hydrogen) atoms. The molecule has 0 radical (unpaired) electrons. The minimum absolute atomic E-state index is 0.356. The molecule has 0 saturated carbocycles. The SMILES string of the molecule is NC(=O)C(Nc1cccs1)c1cccs1. The highest BCUT2D eigenvalue weighted by molar-refractivity contribution is 7.14. The van der Waals surface area contributed by atoms with Gasteiger partial charge in [0.2, 0.25) is 5.91 Å². The molecule has 0 aliphatic heterocycles. The summed E-state index contributed by atoms with van der Waals surface area (Å²) in [5.41, 5.74) is 5.35. The van der Waals surface area contributed by atoms with E-state index in [1.165, 1.54) is 11.3 Å². The number of nitrogens with one attached hydrogen (secondary N) is 1. The summed E-state index contributed by atoms with van der Waals surface area (Å²) in [4.78, 5) is 12.2. The molecular formula is C10H10N2OS2. The maximum atomic E-state index is 11.3. The largest absolute Gasteiger partial charge is 0.368 e. The van der Waals surface area contributed by atoms with Gasteiger partial charge in [-0.05, 0) is 29.0 Å². The second-order valence-corrected chi connectivity index (χ2v) is 4.90. The van der Waals surface area contributed by atoms with Crippen LogP contribution in [0, 0.1) is 0 Å². The van der Waals surface area contributed by atoms with E-state index >= 15 is 0 Å². The van der Waals surface area contributed by atoms with Crippen molar-refractivity contribution in [3.05, 3.63) is 39.9 Å². The minimum atomic E-state index is -0.427. The van der Waals surface area contributed by atoms with Gasteiger partial charge in [-0.15, -0.1) is 22.7 Å². The standard InChI is InChI=1S/C10H10N2OS2/c11-10(13)9(7-3-1-5-14-7)12-8-4-2-6-15-8/h1-6,9,12H,(H2,11,13). The zero-order valence-corrected chi connectivity index (χ0v) is 9.48. The summed E-state index contributed by atoms with van der Waals surface area (Å²) in [6.07, 6.45) is 0. The normalized spacial score (nSPS) is 12.3. The molecule has 2 rings (SSSR count). The van der Waals surface area contributed by atoms with Crippen molar-refractivity contribution in [3.8, 4) is 0 Å². The van der Waals surface area contributed by atoms with E-state index in [0.29, 0.717) is 0 Å². The monoisotopic (exact) mass is 238 g/mol. The number of carbonyl (C=O) groups excluding carboxylic acids is 1. The van der Waals surface area contributed by atoms with Gasteiger partial charge in [0.1, 0.15) is 6.04 Å². The highest BCUT2D eigenvalue weighted by atomic mass is 32.1. The quantitative estimate of drug-likeness (QED) is 0.859. The first kappa shape index (κ1) is 10.2. The molecule has 1 atom stereocenters. The Bertz CT molecular complexity index is 422. The number of hydrogen-bond donors (Lipinski definition) is 2. The highest BCUT2D eigenvalue weighted by Gasteiger charge is 2.18. The summed E-state index contributed by atoms with van der Waals surface area (Å²) >= 11 is 3.07. The molecule has 0 aromatic carbocycles. The predicted molar refractivity (Wildman–Crippen MR) is 64.2 cm³/mol.